The van der Waals surface area contributed by atoms with Crippen LogP contribution in [0.5, 0.6) is 0 Å². The maximum atomic E-state index is 13.8. The predicted octanol–water partition coefficient (Wildman–Crippen LogP) is 6.64. The molecule has 0 aromatic heterocycles. The Balaban J connectivity index is 2.60. The fourth-order valence-corrected chi connectivity index (χ4v) is 10.1. The smallest absolute Gasteiger partial charge is 0.277 e. The third-order valence-electron chi connectivity index (χ3n) is 4.48. The summed E-state index contributed by atoms with van der Waals surface area (Å²) >= 11 is 5.91. The van der Waals surface area contributed by atoms with Gasteiger partial charge in [-0.15, -0.1) is 0 Å². The molecule has 1 heterocycles. The molecule has 0 amide bonds. The van der Waals surface area contributed by atoms with E-state index in [4.69, 9.17) is 11.6 Å². The van der Waals surface area contributed by atoms with Crippen molar-refractivity contribution < 1.29 is 13.2 Å². The normalized spacial score (nSPS) is 21.2. The lowest BCUT2D eigenvalue weighted by molar-refractivity contribution is -0.137. The molecule has 154 valence electrons. The molecule has 1 saturated heterocycles. The van der Waals surface area contributed by atoms with E-state index in [-0.39, 0.29) is 10.7 Å². The molecule has 0 spiro atoms. The Labute approximate surface area is 168 Å². The van der Waals surface area contributed by atoms with Crippen LogP contribution in [0.1, 0.15) is 40.2 Å². The van der Waals surface area contributed by atoms with Crippen LogP contribution in [-0.4, -0.2) is 46.5 Å². The van der Waals surface area contributed by atoms with Gasteiger partial charge in [-0.25, -0.2) is 0 Å². The molecule has 0 saturated carbocycles. The number of rotatable bonds is 8. The summed E-state index contributed by atoms with van der Waals surface area (Å²) in [7, 11) is -1.95. The molecule has 2 atom stereocenters. The largest absolute Gasteiger partial charge is 0.418 e. The molecule has 10 heteroatoms. The number of hydrogen-bond acceptors (Lipinski definition) is 4. The van der Waals surface area contributed by atoms with Crippen molar-refractivity contribution in [1.29, 1.82) is 0 Å². The van der Waals surface area contributed by atoms with Crippen molar-refractivity contribution in [2.24, 2.45) is 0 Å². The molecule has 0 bridgehead atoms. The Morgan fingerprint density at radius 3 is 1.78 bits per heavy atom. The van der Waals surface area contributed by atoms with Gasteiger partial charge in [-0.3, -0.25) is 13.8 Å². The second-order valence-electron chi connectivity index (χ2n) is 5.95. The molecule has 0 N–H and O–H groups in total. The van der Waals surface area contributed by atoms with Gasteiger partial charge in [-0.1, -0.05) is 46.2 Å². The predicted molar refractivity (Wildman–Crippen MR) is 111 cm³/mol. The lowest BCUT2D eigenvalue weighted by Gasteiger charge is -2.62. The molecule has 2 unspecified atom stereocenters. The van der Waals surface area contributed by atoms with E-state index in [1.54, 1.807) is 6.07 Å². The van der Waals surface area contributed by atoms with Crippen LogP contribution in [0.25, 0.3) is 0 Å². The van der Waals surface area contributed by atoms with Crippen molar-refractivity contribution in [2.75, 3.05) is 37.2 Å². The number of hydrogen-bond donors (Lipinski definition) is 0. The number of benzene rings is 1. The van der Waals surface area contributed by atoms with Crippen molar-refractivity contribution >= 4 is 34.0 Å². The first-order chi connectivity index (χ1) is 12.7. The standard InChI is InChI=1S/C17H28ClF3N4P2/c1-6-22(7-2)26-24(10-5)27(23(8-3)9-4)25(26)16-12-11-14(18)13-15(16)17(19,20)21/h11-13H,6-10H2,1-5H3. The second-order valence-corrected chi connectivity index (χ2v) is 11.0. The summed E-state index contributed by atoms with van der Waals surface area (Å²) < 4.78 is 50.3. The number of nitrogens with zero attached hydrogens (tertiary/aromatic N) is 4. The SMILES string of the molecule is CCN(CC)P1N(CC)P(N(CC)CC)N1c1ccc(Cl)cc1C(F)(F)F. The number of anilines is 1. The fourth-order valence-electron chi connectivity index (χ4n) is 3.15. The lowest BCUT2D eigenvalue weighted by Crippen LogP contribution is -2.49. The molecule has 4 nitrogen and oxygen atoms in total. The minimum atomic E-state index is -4.44. The molecule has 1 fully saturated rings. The molecular weight excluding hydrogens is 415 g/mol. The first-order valence-corrected chi connectivity index (χ1v) is 12.1. The van der Waals surface area contributed by atoms with Gasteiger partial charge in [0, 0.05) is 37.7 Å². The highest BCUT2D eigenvalue weighted by molar-refractivity contribution is 7.86. The van der Waals surface area contributed by atoms with E-state index in [0.29, 0.717) is 0 Å². The van der Waals surface area contributed by atoms with E-state index in [1.165, 1.54) is 6.07 Å². The quantitative estimate of drug-likeness (QED) is 0.418. The van der Waals surface area contributed by atoms with E-state index < -0.39 is 28.5 Å². The molecule has 1 aliphatic rings. The van der Waals surface area contributed by atoms with E-state index in [1.807, 2.05) is 4.44 Å². The van der Waals surface area contributed by atoms with Gasteiger partial charge in [-0.2, -0.15) is 17.6 Å². The average molecular weight is 443 g/mol. The van der Waals surface area contributed by atoms with Crippen molar-refractivity contribution in [3.8, 4) is 0 Å². The van der Waals surface area contributed by atoms with Crippen LogP contribution in [0, 0.1) is 0 Å². The van der Waals surface area contributed by atoms with Crippen LogP contribution in [0.15, 0.2) is 18.2 Å². The zero-order valence-corrected chi connectivity index (χ0v) is 19.0. The van der Waals surface area contributed by atoms with Gasteiger partial charge in [0.1, 0.15) is 0 Å². The summed E-state index contributed by atoms with van der Waals surface area (Å²) in [6.07, 6.45) is -4.44. The van der Waals surface area contributed by atoms with Crippen LogP contribution in [-0.2, 0) is 6.18 Å². The number of halogens is 4. The van der Waals surface area contributed by atoms with Gasteiger partial charge in [-0.05, 0) is 18.2 Å². The van der Waals surface area contributed by atoms with Crippen LogP contribution in [0.3, 0.4) is 0 Å². The van der Waals surface area contributed by atoms with Crippen molar-refractivity contribution in [3.63, 3.8) is 0 Å². The monoisotopic (exact) mass is 442 g/mol. The Hall–Kier alpha value is -0.160. The van der Waals surface area contributed by atoms with Gasteiger partial charge in [0.2, 0.25) is 0 Å². The van der Waals surface area contributed by atoms with Gasteiger partial charge in [0.15, 0.2) is 16.7 Å². The molecule has 2 rings (SSSR count). The van der Waals surface area contributed by atoms with Crippen LogP contribution in [0.4, 0.5) is 18.9 Å². The van der Waals surface area contributed by atoms with Crippen LogP contribution >= 0.6 is 28.3 Å². The summed E-state index contributed by atoms with van der Waals surface area (Å²) in [5, 5.41) is 0.110. The van der Waals surface area contributed by atoms with E-state index in [9.17, 15) is 13.2 Å². The van der Waals surface area contributed by atoms with Gasteiger partial charge < -0.3 is 0 Å². The zero-order valence-electron chi connectivity index (χ0n) is 16.5. The van der Waals surface area contributed by atoms with E-state index in [0.717, 1.165) is 38.8 Å². The average Bonchev–Trinajstić information content (AvgIpc) is 2.62. The van der Waals surface area contributed by atoms with Gasteiger partial charge in [0.25, 0.3) is 0 Å². The Kier molecular flexibility index (Phi) is 8.19. The second kappa shape index (κ2) is 9.56. The van der Waals surface area contributed by atoms with Crippen LogP contribution < -0.4 is 4.44 Å². The first kappa shape index (κ1) is 23.1. The summed E-state index contributed by atoms with van der Waals surface area (Å²) in [6, 6.07) is 4.15. The first-order valence-electron chi connectivity index (χ1n) is 9.28. The third-order valence-corrected chi connectivity index (χ3v) is 11.3. The Bertz CT molecular complexity index is 607. The molecule has 0 radical (unpaired) electrons. The molecule has 1 aromatic rings. The Morgan fingerprint density at radius 1 is 0.926 bits per heavy atom. The summed E-state index contributed by atoms with van der Waals surface area (Å²) in [5.41, 5.74) is -0.405. The third kappa shape index (κ3) is 4.55. The lowest BCUT2D eigenvalue weighted by atomic mass is 10.2. The Morgan fingerprint density at radius 2 is 1.41 bits per heavy atom. The molecule has 27 heavy (non-hydrogen) atoms. The van der Waals surface area contributed by atoms with Crippen molar-refractivity contribution in [2.45, 2.75) is 40.8 Å². The maximum absolute atomic E-state index is 13.8. The molecule has 1 aliphatic heterocycles. The number of alkyl halides is 3. The summed E-state index contributed by atoms with van der Waals surface area (Å²) in [4.78, 5) is 0. The highest BCUT2D eigenvalue weighted by atomic mass is 35.5. The highest BCUT2D eigenvalue weighted by Crippen LogP contribution is 2.80. The molecule has 0 aliphatic carbocycles. The van der Waals surface area contributed by atoms with Crippen molar-refractivity contribution in [3.05, 3.63) is 28.8 Å². The summed E-state index contributed by atoms with van der Waals surface area (Å²) in [6.45, 7) is 14.3. The highest BCUT2D eigenvalue weighted by Gasteiger charge is 2.53. The van der Waals surface area contributed by atoms with Gasteiger partial charge >= 0.3 is 6.18 Å². The van der Waals surface area contributed by atoms with Crippen LogP contribution in [0.2, 0.25) is 5.02 Å². The summed E-state index contributed by atoms with van der Waals surface area (Å²) in [5.74, 6) is 0. The maximum Gasteiger partial charge on any atom is 0.418 e. The van der Waals surface area contributed by atoms with Crippen molar-refractivity contribution in [1.82, 2.24) is 13.8 Å². The molecule has 1 aromatic carbocycles. The van der Waals surface area contributed by atoms with Gasteiger partial charge in [0.05, 0.1) is 11.3 Å². The molecular formula is C17H28ClF3N4P2. The van der Waals surface area contributed by atoms with E-state index in [2.05, 4.69) is 48.4 Å². The topological polar surface area (TPSA) is 13.0 Å². The van der Waals surface area contributed by atoms with E-state index >= 15 is 0 Å². The minimum Gasteiger partial charge on any atom is -0.277 e. The zero-order chi connectivity index (χ0) is 20.4. The minimum absolute atomic E-state index is 0.110. The fraction of sp³-hybridized carbons (Fsp3) is 0.647.